The Bertz CT molecular complexity index is 671. The normalized spacial score (nSPS) is 54.4. The molecule has 2 spiro atoms. The molecule has 2 aliphatic heterocycles. The zero-order valence-corrected chi connectivity index (χ0v) is 14.1. The lowest BCUT2D eigenvalue weighted by Gasteiger charge is -2.59. The van der Waals surface area contributed by atoms with E-state index < -0.39 is 35.1 Å². The summed E-state index contributed by atoms with van der Waals surface area (Å²) in [6.07, 6.45) is 1.77. The minimum Gasteiger partial charge on any atom is -0.464 e. The average molecular weight is 348 g/mol. The van der Waals surface area contributed by atoms with Crippen molar-refractivity contribution in [2.24, 2.45) is 34.5 Å². The molecule has 2 bridgehead atoms. The SMILES string of the molecule is C=C1C(=O)[C@]23C[C@H]1C[C@@H](O)[C@H]2[C@@]1(CCC[C@H]2CO[C@H](O)[C@H]21)COC3=O. The molecule has 2 heterocycles. The number of hydrogen-bond donors (Lipinski definition) is 2. The summed E-state index contributed by atoms with van der Waals surface area (Å²) < 4.78 is 11.1. The molecule has 2 saturated heterocycles. The minimum atomic E-state index is -1.32. The van der Waals surface area contributed by atoms with Crippen molar-refractivity contribution in [3.05, 3.63) is 12.2 Å². The highest BCUT2D eigenvalue weighted by molar-refractivity contribution is 6.15. The largest absolute Gasteiger partial charge is 0.464 e. The molecule has 0 unspecified atom stereocenters. The van der Waals surface area contributed by atoms with Gasteiger partial charge >= 0.3 is 5.97 Å². The summed E-state index contributed by atoms with van der Waals surface area (Å²) in [5.41, 5.74) is -1.47. The van der Waals surface area contributed by atoms with Gasteiger partial charge in [0.25, 0.3) is 0 Å². The highest BCUT2D eigenvalue weighted by atomic mass is 16.6. The van der Waals surface area contributed by atoms with Crippen LogP contribution in [0.3, 0.4) is 0 Å². The van der Waals surface area contributed by atoms with Crippen LogP contribution in [-0.4, -0.2) is 47.6 Å². The molecule has 25 heavy (non-hydrogen) atoms. The molecule has 6 heteroatoms. The number of carbonyl (C=O) groups is 2. The quantitative estimate of drug-likeness (QED) is 0.382. The number of aliphatic hydroxyl groups is 2. The number of ketones is 1. The van der Waals surface area contributed by atoms with Crippen LogP contribution in [0.15, 0.2) is 12.2 Å². The smallest absolute Gasteiger partial charge is 0.320 e. The molecule has 0 aromatic carbocycles. The number of fused-ring (bicyclic) bond motifs is 4. The first kappa shape index (κ1) is 16.0. The summed E-state index contributed by atoms with van der Waals surface area (Å²) in [7, 11) is 0. The van der Waals surface area contributed by atoms with Crippen LogP contribution >= 0.6 is 0 Å². The molecule has 0 amide bonds. The molecule has 2 N–H and O–H groups in total. The van der Waals surface area contributed by atoms with Crippen molar-refractivity contribution in [1.29, 1.82) is 0 Å². The first-order valence-corrected chi connectivity index (χ1v) is 9.30. The first-order valence-electron chi connectivity index (χ1n) is 9.30. The lowest BCUT2D eigenvalue weighted by atomic mass is 9.46. The van der Waals surface area contributed by atoms with Gasteiger partial charge in [-0.25, -0.2) is 0 Å². The maximum atomic E-state index is 13.1. The van der Waals surface area contributed by atoms with Crippen molar-refractivity contribution in [1.82, 2.24) is 0 Å². The van der Waals surface area contributed by atoms with Crippen molar-refractivity contribution in [3.63, 3.8) is 0 Å². The van der Waals surface area contributed by atoms with E-state index in [1.165, 1.54) is 0 Å². The van der Waals surface area contributed by atoms with Crippen LogP contribution in [-0.2, 0) is 19.1 Å². The van der Waals surface area contributed by atoms with E-state index >= 15 is 0 Å². The maximum absolute atomic E-state index is 13.1. The molecular formula is C19H24O6. The number of ether oxygens (including phenoxy) is 2. The minimum absolute atomic E-state index is 0.148. The lowest BCUT2D eigenvalue weighted by molar-refractivity contribution is -0.235. The van der Waals surface area contributed by atoms with Crippen molar-refractivity contribution in [2.75, 3.05) is 13.2 Å². The van der Waals surface area contributed by atoms with Gasteiger partial charge < -0.3 is 19.7 Å². The van der Waals surface area contributed by atoms with Crippen LogP contribution in [0, 0.1) is 34.5 Å². The standard InChI is InChI=1S/C19H24O6/c1-9-11-5-12(20)14-18(4-2-3-10-7-24-16(22)13(10)18)8-25-17(23)19(14,6-11)15(9)21/h10-14,16,20,22H,1-8H2/t10-,11+,12+,13-,14-,16-,18-,19-/m0/s1. The Balaban J connectivity index is 1.69. The van der Waals surface area contributed by atoms with Crippen molar-refractivity contribution < 1.29 is 29.3 Å². The summed E-state index contributed by atoms with van der Waals surface area (Å²) in [4.78, 5) is 25.9. The third kappa shape index (κ3) is 1.71. The van der Waals surface area contributed by atoms with Crippen LogP contribution in [0.5, 0.6) is 0 Å². The summed E-state index contributed by atoms with van der Waals surface area (Å²) in [5.74, 6) is -1.45. The van der Waals surface area contributed by atoms with Gasteiger partial charge in [-0.05, 0) is 43.1 Å². The van der Waals surface area contributed by atoms with Gasteiger partial charge in [0.05, 0.1) is 19.3 Å². The highest BCUT2D eigenvalue weighted by Crippen LogP contribution is 2.67. The predicted octanol–water partition coefficient (Wildman–Crippen LogP) is 0.807. The fourth-order valence-corrected chi connectivity index (χ4v) is 6.99. The number of allylic oxidation sites excluding steroid dienone is 1. The Labute approximate surface area is 146 Å². The Morgan fingerprint density at radius 2 is 2.04 bits per heavy atom. The first-order chi connectivity index (χ1) is 11.9. The third-order valence-corrected chi connectivity index (χ3v) is 7.83. The number of esters is 1. The Kier molecular flexibility index (Phi) is 3.15. The van der Waals surface area contributed by atoms with Gasteiger partial charge in [0.2, 0.25) is 0 Å². The second kappa shape index (κ2) is 4.93. The molecule has 5 rings (SSSR count). The van der Waals surface area contributed by atoms with Gasteiger partial charge in [-0.2, -0.15) is 0 Å². The van der Waals surface area contributed by atoms with Crippen LogP contribution in [0.25, 0.3) is 0 Å². The van der Waals surface area contributed by atoms with Gasteiger partial charge in [-0.1, -0.05) is 13.0 Å². The summed E-state index contributed by atoms with van der Waals surface area (Å²) in [6.45, 7) is 4.55. The topological polar surface area (TPSA) is 93.1 Å². The Hall–Kier alpha value is -1.24. The van der Waals surface area contributed by atoms with E-state index in [0.717, 1.165) is 19.3 Å². The van der Waals surface area contributed by atoms with E-state index in [0.29, 0.717) is 25.0 Å². The third-order valence-electron chi connectivity index (χ3n) is 7.83. The average Bonchev–Trinajstić information content (AvgIpc) is 3.06. The van der Waals surface area contributed by atoms with Gasteiger partial charge in [-0.15, -0.1) is 0 Å². The van der Waals surface area contributed by atoms with Gasteiger partial charge in [-0.3, -0.25) is 9.59 Å². The number of rotatable bonds is 0. The van der Waals surface area contributed by atoms with E-state index in [1.54, 1.807) is 0 Å². The second-order valence-electron chi connectivity index (χ2n) is 8.72. The zero-order chi connectivity index (χ0) is 17.6. The Morgan fingerprint density at radius 3 is 2.84 bits per heavy atom. The lowest BCUT2D eigenvalue weighted by Crippen LogP contribution is -2.66. The number of hydrogen-bond acceptors (Lipinski definition) is 6. The molecule has 8 atom stereocenters. The van der Waals surface area contributed by atoms with Crippen LogP contribution in [0.1, 0.15) is 32.1 Å². The van der Waals surface area contributed by atoms with Crippen molar-refractivity contribution >= 4 is 11.8 Å². The van der Waals surface area contributed by atoms with Crippen LogP contribution < -0.4 is 0 Å². The molecule has 5 aliphatic rings. The molecule has 136 valence electrons. The maximum Gasteiger partial charge on any atom is 0.320 e. The molecule has 0 aromatic rings. The summed E-state index contributed by atoms with van der Waals surface area (Å²) >= 11 is 0. The van der Waals surface area contributed by atoms with Crippen LogP contribution in [0.2, 0.25) is 0 Å². The van der Waals surface area contributed by atoms with Gasteiger partial charge in [0, 0.05) is 17.3 Å². The van der Waals surface area contributed by atoms with Crippen LogP contribution in [0.4, 0.5) is 0 Å². The summed E-state index contributed by atoms with van der Waals surface area (Å²) in [5, 5.41) is 21.6. The van der Waals surface area contributed by atoms with E-state index in [4.69, 9.17) is 9.47 Å². The van der Waals surface area contributed by atoms with Crippen molar-refractivity contribution in [3.8, 4) is 0 Å². The number of Topliss-reactive ketones (excluding diaryl/α,β-unsaturated/α-hetero) is 1. The zero-order valence-electron chi connectivity index (χ0n) is 14.1. The molecule has 0 radical (unpaired) electrons. The number of carbonyl (C=O) groups excluding carboxylic acids is 2. The number of aliphatic hydroxyl groups excluding tert-OH is 2. The summed E-state index contributed by atoms with van der Waals surface area (Å²) in [6, 6.07) is 0. The fraction of sp³-hybridized carbons (Fsp3) is 0.789. The second-order valence-corrected chi connectivity index (χ2v) is 8.72. The fourth-order valence-electron chi connectivity index (χ4n) is 6.99. The monoisotopic (exact) mass is 348 g/mol. The van der Waals surface area contributed by atoms with E-state index in [9.17, 15) is 19.8 Å². The predicted molar refractivity (Wildman–Crippen MR) is 85.0 cm³/mol. The highest BCUT2D eigenvalue weighted by Gasteiger charge is 2.74. The van der Waals surface area contributed by atoms with E-state index in [1.807, 2.05) is 0 Å². The van der Waals surface area contributed by atoms with Gasteiger partial charge in [0.1, 0.15) is 5.41 Å². The number of cyclic esters (lactones) is 1. The molecule has 6 nitrogen and oxygen atoms in total. The van der Waals surface area contributed by atoms with E-state index in [2.05, 4.69) is 6.58 Å². The molecule has 5 fully saturated rings. The molecule has 3 aliphatic carbocycles. The van der Waals surface area contributed by atoms with E-state index in [-0.39, 0.29) is 30.1 Å². The Morgan fingerprint density at radius 1 is 1.24 bits per heavy atom. The van der Waals surface area contributed by atoms with Crippen molar-refractivity contribution in [2.45, 2.75) is 44.5 Å². The molecule has 3 saturated carbocycles. The van der Waals surface area contributed by atoms with Gasteiger partial charge in [0.15, 0.2) is 12.1 Å². The molecule has 0 aromatic heterocycles. The molecular weight excluding hydrogens is 324 g/mol.